The van der Waals surface area contributed by atoms with Gasteiger partial charge < -0.3 is 5.73 Å². The van der Waals surface area contributed by atoms with Gasteiger partial charge in [-0.15, -0.1) is 0 Å². The lowest BCUT2D eigenvalue weighted by Crippen LogP contribution is -2.08. The second-order valence-electron chi connectivity index (χ2n) is 3.10. The summed E-state index contributed by atoms with van der Waals surface area (Å²) in [5.41, 5.74) is 6.77. The van der Waals surface area contributed by atoms with Crippen LogP contribution in [0.5, 0.6) is 0 Å². The maximum atomic E-state index is 12.6. The lowest BCUT2D eigenvalue weighted by atomic mass is 10.0. The molecule has 0 aliphatic carbocycles. The number of pyridine rings is 1. The van der Waals surface area contributed by atoms with Crippen LogP contribution in [0.4, 0.5) is 8.78 Å². The van der Waals surface area contributed by atoms with Crippen molar-refractivity contribution in [3.63, 3.8) is 0 Å². The molecule has 1 heterocycles. The van der Waals surface area contributed by atoms with Crippen molar-refractivity contribution in [2.45, 2.75) is 26.3 Å². The van der Waals surface area contributed by atoms with E-state index in [1.165, 1.54) is 0 Å². The number of rotatable bonds is 3. The van der Waals surface area contributed by atoms with E-state index in [1.54, 1.807) is 6.92 Å². The van der Waals surface area contributed by atoms with E-state index >= 15 is 0 Å². The van der Waals surface area contributed by atoms with Gasteiger partial charge in [-0.2, -0.15) is 5.26 Å². The molecule has 0 saturated heterocycles. The number of nitrogens with zero attached hydrogens (tertiary/aromatic N) is 2. The number of nitriles is 1. The van der Waals surface area contributed by atoms with Crippen molar-refractivity contribution in [2.75, 3.05) is 0 Å². The van der Waals surface area contributed by atoms with Crippen molar-refractivity contribution >= 4 is 0 Å². The van der Waals surface area contributed by atoms with Gasteiger partial charge in [-0.3, -0.25) is 4.98 Å². The van der Waals surface area contributed by atoms with Gasteiger partial charge in [0.15, 0.2) is 0 Å². The summed E-state index contributed by atoms with van der Waals surface area (Å²) < 4.78 is 25.1. The Labute approximate surface area is 86.5 Å². The number of hydrogen-bond acceptors (Lipinski definition) is 3. The predicted octanol–water partition coefficient (Wildman–Crippen LogP) is 1.85. The van der Waals surface area contributed by atoms with Crippen LogP contribution in [0.15, 0.2) is 6.20 Å². The highest BCUT2D eigenvalue weighted by molar-refractivity contribution is 5.37. The molecule has 15 heavy (non-hydrogen) atoms. The van der Waals surface area contributed by atoms with Gasteiger partial charge in [0, 0.05) is 18.3 Å². The molecule has 0 spiro atoms. The minimum absolute atomic E-state index is 0.0342. The average molecular weight is 211 g/mol. The van der Waals surface area contributed by atoms with Crippen LogP contribution in [0.25, 0.3) is 0 Å². The van der Waals surface area contributed by atoms with Gasteiger partial charge in [0.05, 0.1) is 18.2 Å². The first kappa shape index (κ1) is 11.5. The number of aromatic nitrogens is 1. The van der Waals surface area contributed by atoms with E-state index in [0.29, 0.717) is 16.8 Å². The number of halogens is 2. The molecule has 0 fully saturated rings. The van der Waals surface area contributed by atoms with E-state index in [4.69, 9.17) is 11.0 Å². The summed E-state index contributed by atoms with van der Waals surface area (Å²) in [6.07, 6.45) is -1.36. The topological polar surface area (TPSA) is 62.7 Å². The summed E-state index contributed by atoms with van der Waals surface area (Å²) in [5.74, 6) is 0. The first-order valence-corrected chi connectivity index (χ1v) is 4.44. The standard InChI is InChI=1S/C10H11F2N3/c1-6-7(4-14)8(10(11)12)5-15-9(6)2-3-13/h5,10H,2,4,14H2,1H3. The van der Waals surface area contributed by atoms with Crippen molar-refractivity contribution in [1.29, 1.82) is 5.26 Å². The van der Waals surface area contributed by atoms with Crippen LogP contribution in [0.1, 0.15) is 28.8 Å². The second kappa shape index (κ2) is 4.80. The first-order chi connectivity index (χ1) is 7.11. The van der Waals surface area contributed by atoms with Crippen LogP contribution < -0.4 is 5.73 Å². The number of nitrogens with two attached hydrogens (primary N) is 1. The Bertz CT molecular complexity index is 396. The Kier molecular flexibility index (Phi) is 3.69. The third-order valence-corrected chi connectivity index (χ3v) is 2.28. The van der Waals surface area contributed by atoms with E-state index < -0.39 is 6.43 Å². The highest BCUT2D eigenvalue weighted by atomic mass is 19.3. The highest BCUT2D eigenvalue weighted by Crippen LogP contribution is 2.25. The van der Waals surface area contributed by atoms with Gasteiger partial charge in [-0.1, -0.05) is 0 Å². The van der Waals surface area contributed by atoms with Crippen LogP contribution >= 0.6 is 0 Å². The van der Waals surface area contributed by atoms with Crippen molar-refractivity contribution in [1.82, 2.24) is 4.98 Å². The fraction of sp³-hybridized carbons (Fsp3) is 0.400. The third kappa shape index (κ3) is 2.28. The molecule has 1 aromatic heterocycles. The molecular formula is C10H11F2N3. The molecule has 0 aromatic carbocycles. The second-order valence-corrected chi connectivity index (χ2v) is 3.10. The fourth-order valence-electron chi connectivity index (χ4n) is 1.42. The SMILES string of the molecule is Cc1c(CC#N)ncc(C(F)F)c1CN. The van der Waals surface area contributed by atoms with Crippen LogP contribution in [-0.4, -0.2) is 4.98 Å². The van der Waals surface area contributed by atoms with Crippen LogP contribution in [0.2, 0.25) is 0 Å². The first-order valence-electron chi connectivity index (χ1n) is 4.44. The summed E-state index contributed by atoms with van der Waals surface area (Å²) in [7, 11) is 0. The van der Waals surface area contributed by atoms with Crippen LogP contribution in [-0.2, 0) is 13.0 Å². The minimum Gasteiger partial charge on any atom is -0.326 e. The molecule has 1 rings (SSSR count). The van der Waals surface area contributed by atoms with Crippen molar-refractivity contribution in [3.8, 4) is 6.07 Å². The molecule has 0 unspecified atom stereocenters. The average Bonchev–Trinajstić information content (AvgIpc) is 2.20. The molecule has 0 aliphatic heterocycles. The van der Waals surface area contributed by atoms with Gasteiger partial charge in [0.2, 0.25) is 0 Å². The van der Waals surface area contributed by atoms with Crippen LogP contribution in [0, 0.1) is 18.3 Å². The van der Waals surface area contributed by atoms with Crippen LogP contribution in [0.3, 0.4) is 0 Å². The van der Waals surface area contributed by atoms with E-state index in [1.807, 2.05) is 6.07 Å². The maximum absolute atomic E-state index is 12.6. The number of hydrogen-bond donors (Lipinski definition) is 1. The van der Waals surface area contributed by atoms with Crippen molar-refractivity contribution in [3.05, 3.63) is 28.6 Å². The summed E-state index contributed by atoms with van der Waals surface area (Å²) in [6.45, 7) is 1.69. The molecule has 0 amide bonds. The molecule has 80 valence electrons. The molecule has 0 atom stereocenters. The zero-order valence-corrected chi connectivity index (χ0v) is 8.30. The van der Waals surface area contributed by atoms with Crippen molar-refractivity contribution < 1.29 is 8.78 Å². The predicted molar refractivity (Wildman–Crippen MR) is 51.1 cm³/mol. The monoisotopic (exact) mass is 211 g/mol. The van der Waals surface area contributed by atoms with E-state index in [0.717, 1.165) is 6.20 Å². The zero-order valence-electron chi connectivity index (χ0n) is 8.30. The van der Waals surface area contributed by atoms with Crippen molar-refractivity contribution in [2.24, 2.45) is 5.73 Å². The van der Waals surface area contributed by atoms with Gasteiger partial charge in [0.25, 0.3) is 6.43 Å². The lowest BCUT2D eigenvalue weighted by Gasteiger charge is -2.12. The Morgan fingerprint density at radius 1 is 1.60 bits per heavy atom. The summed E-state index contributed by atoms with van der Waals surface area (Å²) >= 11 is 0. The molecule has 0 radical (unpaired) electrons. The van der Waals surface area contributed by atoms with Gasteiger partial charge in [-0.05, 0) is 18.1 Å². The fourth-order valence-corrected chi connectivity index (χ4v) is 1.42. The summed E-state index contributed by atoms with van der Waals surface area (Å²) in [5, 5.41) is 8.52. The summed E-state index contributed by atoms with van der Waals surface area (Å²) in [4.78, 5) is 3.84. The number of alkyl halides is 2. The Morgan fingerprint density at radius 2 is 2.27 bits per heavy atom. The Balaban J connectivity index is 3.27. The molecule has 2 N–H and O–H groups in total. The molecule has 0 saturated carbocycles. The molecular weight excluding hydrogens is 200 g/mol. The quantitative estimate of drug-likeness (QED) is 0.829. The minimum atomic E-state index is -2.58. The van der Waals surface area contributed by atoms with E-state index in [-0.39, 0.29) is 18.5 Å². The Morgan fingerprint density at radius 3 is 2.73 bits per heavy atom. The Hall–Kier alpha value is -1.54. The van der Waals surface area contributed by atoms with Gasteiger partial charge in [-0.25, -0.2) is 8.78 Å². The largest absolute Gasteiger partial charge is 0.326 e. The van der Waals surface area contributed by atoms with E-state index in [9.17, 15) is 8.78 Å². The third-order valence-electron chi connectivity index (χ3n) is 2.28. The molecule has 3 nitrogen and oxygen atoms in total. The maximum Gasteiger partial charge on any atom is 0.265 e. The molecule has 5 heteroatoms. The van der Waals surface area contributed by atoms with Gasteiger partial charge >= 0.3 is 0 Å². The highest BCUT2D eigenvalue weighted by Gasteiger charge is 2.16. The smallest absolute Gasteiger partial charge is 0.265 e. The van der Waals surface area contributed by atoms with E-state index in [2.05, 4.69) is 4.98 Å². The normalized spacial score (nSPS) is 10.4. The van der Waals surface area contributed by atoms with Gasteiger partial charge in [0.1, 0.15) is 0 Å². The molecule has 1 aromatic rings. The summed E-state index contributed by atoms with van der Waals surface area (Å²) in [6, 6.07) is 1.93. The molecule has 0 aliphatic rings. The zero-order chi connectivity index (χ0) is 11.4. The lowest BCUT2D eigenvalue weighted by molar-refractivity contribution is 0.149. The molecule has 0 bridgehead atoms.